The number of alkyl carbamates (subject to hydrolysis) is 1. The second kappa shape index (κ2) is 12.6. The fraction of sp³-hybridized carbons (Fsp3) is 0.743. The second-order valence-electron chi connectivity index (χ2n) is 16.0. The highest BCUT2D eigenvalue weighted by Gasteiger charge is 2.68. The van der Waals surface area contributed by atoms with E-state index in [4.69, 9.17) is 14.0 Å². The van der Waals surface area contributed by atoms with Crippen LogP contribution in [0.1, 0.15) is 78.7 Å². The summed E-state index contributed by atoms with van der Waals surface area (Å²) in [7, 11) is -0.632. The zero-order valence-corrected chi connectivity index (χ0v) is 28.3. The van der Waals surface area contributed by atoms with E-state index in [0.717, 1.165) is 18.4 Å². The van der Waals surface area contributed by atoms with Gasteiger partial charge in [-0.3, -0.25) is 9.69 Å². The Morgan fingerprint density at radius 1 is 1.19 bits per heavy atom. The van der Waals surface area contributed by atoms with Gasteiger partial charge in [-0.1, -0.05) is 44.2 Å². The summed E-state index contributed by atoms with van der Waals surface area (Å²) in [5.74, 6) is -3.60. The number of piperidine rings is 1. The molecule has 1 N–H and O–H groups in total. The molecule has 0 aromatic heterocycles. The molecule has 1 aromatic rings. The number of benzene rings is 1. The SMILES string of the molecule is CC1(C)[C@@H]2C[C@H]3OB([C@H](Cc4ccccc4)NC(=O)O[C@@H]4CCCN(C(=O)C(C#N)CC(C)(C)N5CCC(F)(F)C5)C4)O[C@@]3(C)[C@H]1C2. The second-order valence-corrected chi connectivity index (χ2v) is 16.0. The van der Waals surface area contributed by atoms with Crippen LogP contribution in [-0.4, -0.2) is 90.3 Å². The van der Waals surface area contributed by atoms with Gasteiger partial charge in [-0.25, -0.2) is 13.6 Å². The standard InChI is InChI=1S/C35H49BF2N4O5/c1-32(2,42-15-13-35(37,38)22-42)19-24(20-39)30(43)41-14-9-12-26(21-41)45-31(44)40-29(16-23-10-7-6-8-11-23)36-46-28-18-25-17-27(33(25,3)4)34(28,5)47-36/h6-8,10-11,24-29H,9,12-19,21-22H2,1-5H3,(H,40,44)/t24?,25-,26+,27-,28+,29-,34-/m0/s1. The highest BCUT2D eigenvalue weighted by atomic mass is 19.3. The van der Waals surface area contributed by atoms with Crippen LogP contribution in [-0.2, 0) is 25.3 Å². The summed E-state index contributed by atoms with van der Waals surface area (Å²) in [5.41, 5.74) is 0.0601. The van der Waals surface area contributed by atoms with Gasteiger partial charge in [-0.15, -0.1) is 0 Å². The molecule has 256 valence electrons. The van der Waals surface area contributed by atoms with Gasteiger partial charge in [0.15, 0.2) is 0 Å². The van der Waals surface area contributed by atoms with Gasteiger partial charge in [0.2, 0.25) is 5.91 Å². The third-order valence-electron chi connectivity index (χ3n) is 12.0. The fourth-order valence-electron chi connectivity index (χ4n) is 9.02. The number of carbonyl (C=O) groups excluding carboxylic acids is 2. The summed E-state index contributed by atoms with van der Waals surface area (Å²) >= 11 is 0. The van der Waals surface area contributed by atoms with Gasteiger partial charge >= 0.3 is 13.2 Å². The van der Waals surface area contributed by atoms with Crippen LogP contribution in [0.2, 0.25) is 0 Å². The summed E-state index contributed by atoms with van der Waals surface area (Å²) in [4.78, 5) is 30.2. The van der Waals surface area contributed by atoms with E-state index in [1.807, 2.05) is 30.3 Å². The third-order valence-corrected chi connectivity index (χ3v) is 12.0. The molecule has 0 radical (unpaired) electrons. The van der Waals surface area contributed by atoms with Crippen molar-refractivity contribution < 1.29 is 32.4 Å². The van der Waals surface area contributed by atoms with Crippen LogP contribution in [0.15, 0.2) is 30.3 Å². The van der Waals surface area contributed by atoms with Gasteiger partial charge < -0.3 is 24.3 Å². The average molecular weight is 655 g/mol. The minimum Gasteiger partial charge on any atom is -0.444 e. The van der Waals surface area contributed by atoms with Crippen LogP contribution < -0.4 is 5.32 Å². The van der Waals surface area contributed by atoms with Crippen molar-refractivity contribution in [3.8, 4) is 6.07 Å². The number of alkyl halides is 2. The molecular weight excluding hydrogens is 605 g/mol. The molecule has 3 saturated carbocycles. The van der Waals surface area contributed by atoms with E-state index in [0.29, 0.717) is 37.6 Å². The molecule has 47 heavy (non-hydrogen) atoms. The van der Waals surface area contributed by atoms with Gasteiger partial charge in [0.05, 0.1) is 36.8 Å². The Morgan fingerprint density at radius 2 is 1.94 bits per heavy atom. The monoisotopic (exact) mass is 654 g/mol. The largest absolute Gasteiger partial charge is 0.482 e. The molecule has 1 aromatic carbocycles. The minimum absolute atomic E-state index is 0.0294. The maximum Gasteiger partial charge on any atom is 0.482 e. The lowest BCUT2D eigenvalue weighted by Gasteiger charge is -2.64. The van der Waals surface area contributed by atoms with Crippen molar-refractivity contribution in [3.63, 3.8) is 0 Å². The van der Waals surface area contributed by atoms with E-state index in [1.54, 1.807) is 23.6 Å². The maximum absolute atomic E-state index is 13.9. The number of halogens is 2. The highest BCUT2D eigenvalue weighted by Crippen LogP contribution is 2.65. The molecule has 3 heterocycles. The summed E-state index contributed by atoms with van der Waals surface area (Å²) in [6, 6.07) is 12.0. The van der Waals surface area contributed by atoms with E-state index in [9.17, 15) is 23.6 Å². The molecular formula is C35H49BF2N4O5. The van der Waals surface area contributed by atoms with E-state index < -0.39 is 48.2 Å². The first kappa shape index (κ1) is 34.1. The summed E-state index contributed by atoms with van der Waals surface area (Å²) in [5, 5.41) is 13.0. The number of likely N-dealkylation sites (tertiary alicyclic amines) is 2. The molecule has 0 spiro atoms. The number of rotatable bonds is 9. The maximum atomic E-state index is 13.9. The van der Waals surface area contributed by atoms with Gasteiger partial charge in [0.25, 0.3) is 5.92 Å². The number of carbonyl (C=O) groups is 2. The molecule has 9 nitrogen and oxygen atoms in total. The molecule has 7 atom stereocenters. The van der Waals surface area contributed by atoms with Crippen LogP contribution in [0.5, 0.6) is 0 Å². The first-order valence-corrected chi connectivity index (χ1v) is 17.3. The Hall–Kier alpha value is -2.75. The van der Waals surface area contributed by atoms with Gasteiger partial charge in [0.1, 0.15) is 12.0 Å². The van der Waals surface area contributed by atoms with Crippen LogP contribution in [0.3, 0.4) is 0 Å². The van der Waals surface area contributed by atoms with Crippen molar-refractivity contribution in [1.82, 2.24) is 15.1 Å². The van der Waals surface area contributed by atoms with Crippen molar-refractivity contribution in [3.05, 3.63) is 35.9 Å². The zero-order chi connectivity index (χ0) is 33.8. The normalized spacial score (nSPS) is 32.5. The van der Waals surface area contributed by atoms with Gasteiger partial charge in [-0.2, -0.15) is 5.26 Å². The fourth-order valence-corrected chi connectivity index (χ4v) is 9.02. The molecule has 1 unspecified atom stereocenters. The van der Waals surface area contributed by atoms with Crippen molar-refractivity contribution >= 4 is 19.1 Å². The van der Waals surface area contributed by atoms with Crippen molar-refractivity contribution in [1.29, 1.82) is 5.26 Å². The van der Waals surface area contributed by atoms with E-state index in [1.165, 1.54) is 0 Å². The highest BCUT2D eigenvalue weighted by molar-refractivity contribution is 6.47. The number of hydrogen-bond acceptors (Lipinski definition) is 7. The molecule has 2 amide bonds. The molecule has 3 aliphatic carbocycles. The Bertz CT molecular complexity index is 1380. The molecule has 7 rings (SSSR count). The number of nitrogens with one attached hydrogen (secondary N) is 1. The number of amides is 2. The average Bonchev–Trinajstić information content (AvgIpc) is 3.58. The smallest absolute Gasteiger partial charge is 0.444 e. The first-order chi connectivity index (χ1) is 22.1. The van der Waals surface area contributed by atoms with Gasteiger partial charge in [0, 0.05) is 25.0 Å². The van der Waals surface area contributed by atoms with Crippen LogP contribution in [0.25, 0.3) is 0 Å². The van der Waals surface area contributed by atoms with E-state index in [2.05, 4.69) is 32.2 Å². The lowest BCUT2D eigenvalue weighted by atomic mass is 9.43. The first-order valence-electron chi connectivity index (χ1n) is 17.3. The number of nitriles is 1. The number of nitrogens with zero attached hydrogens (tertiary/aromatic N) is 3. The zero-order valence-electron chi connectivity index (χ0n) is 28.3. The summed E-state index contributed by atoms with van der Waals surface area (Å²) in [6.07, 6.45) is 2.51. The predicted molar refractivity (Wildman–Crippen MR) is 172 cm³/mol. The summed E-state index contributed by atoms with van der Waals surface area (Å²) < 4.78 is 47.0. The number of ether oxygens (including phenoxy) is 1. The van der Waals surface area contributed by atoms with Crippen LogP contribution >= 0.6 is 0 Å². The lowest BCUT2D eigenvalue weighted by molar-refractivity contribution is -0.199. The molecule has 2 bridgehead atoms. The Kier molecular flexibility index (Phi) is 9.16. The lowest BCUT2D eigenvalue weighted by Crippen LogP contribution is -2.65. The number of hydrogen-bond donors (Lipinski definition) is 1. The minimum atomic E-state index is -2.76. The molecule has 3 aliphatic heterocycles. The Morgan fingerprint density at radius 3 is 2.60 bits per heavy atom. The van der Waals surface area contributed by atoms with Crippen LogP contribution in [0.4, 0.5) is 13.6 Å². The third kappa shape index (κ3) is 6.77. The Labute approximate surface area is 277 Å². The van der Waals surface area contributed by atoms with E-state index >= 15 is 0 Å². The van der Waals surface area contributed by atoms with Crippen LogP contribution in [0, 0.1) is 34.5 Å². The Balaban J connectivity index is 1.08. The predicted octanol–water partition coefficient (Wildman–Crippen LogP) is 5.23. The molecule has 3 saturated heterocycles. The van der Waals surface area contributed by atoms with Crippen molar-refractivity contribution in [2.75, 3.05) is 26.2 Å². The van der Waals surface area contributed by atoms with E-state index in [-0.39, 0.29) is 49.9 Å². The van der Waals surface area contributed by atoms with Crippen molar-refractivity contribution in [2.24, 2.45) is 23.2 Å². The molecule has 12 heteroatoms. The topological polar surface area (TPSA) is 104 Å². The summed E-state index contributed by atoms with van der Waals surface area (Å²) in [6.45, 7) is 10.9. The molecule has 6 fully saturated rings. The quantitative estimate of drug-likeness (QED) is 0.364. The van der Waals surface area contributed by atoms with Crippen molar-refractivity contribution in [2.45, 2.75) is 115 Å². The molecule has 6 aliphatic rings. The van der Waals surface area contributed by atoms with Gasteiger partial charge in [-0.05, 0) is 82.1 Å².